The van der Waals surface area contributed by atoms with E-state index in [1.807, 2.05) is 0 Å². The maximum absolute atomic E-state index is 11.2. The van der Waals surface area contributed by atoms with E-state index in [1.165, 1.54) is 16.3 Å². The van der Waals surface area contributed by atoms with Gasteiger partial charge in [-0.3, -0.25) is 4.57 Å². The Balaban J connectivity index is 2.19. The number of pyridine rings is 1. The van der Waals surface area contributed by atoms with Gasteiger partial charge in [0.2, 0.25) is 0 Å². The molecule has 7 heteroatoms. The fraction of sp³-hybridized carbons (Fsp3) is 0.300. The van der Waals surface area contributed by atoms with Gasteiger partial charge in [-0.2, -0.15) is 0 Å². The normalized spacial score (nSPS) is 12.6. The third kappa shape index (κ3) is 2.56. The maximum Gasteiger partial charge on any atom is 0.343 e. The van der Waals surface area contributed by atoms with Gasteiger partial charge in [-0.05, 0) is 30.3 Å². The first-order chi connectivity index (χ1) is 8.08. The average Bonchev–Trinajstić information content (AvgIpc) is 2.62. The molecule has 0 radical (unpaired) electrons. The van der Waals surface area contributed by atoms with Crippen molar-refractivity contribution < 1.29 is 5.11 Å². The number of H-pyrrole nitrogens is 1. The van der Waals surface area contributed by atoms with Crippen LogP contribution in [0, 0.1) is 0 Å². The van der Waals surface area contributed by atoms with Crippen molar-refractivity contribution >= 4 is 11.8 Å². The molecule has 17 heavy (non-hydrogen) atoms. The van der Waals surface area contributed by atoms with Crippen LogP contribution in [-0.4, -0.2) is 24.9 Å². The molecular weight excluding hydrogens is 240 g/mol. The molecule has 2 heterocycles. The van der Waals surface area contributed by atoms with E-state index in [-0.39, 0.29) is 5.69 Å². The van der Waals surface area contributed by atoms with Crippen molar-refractivity contribution in [1.29, 1.82) is 0 Å². The molecule has 0 aliphatic heterocycles. The summed E-state index contributed by atoms with van der Waals surface area (Å²) in [6.07, 6.45) is 1.08. The topological polar surface area (TPSA) is 83.8 Å². The van der Waals surface area contributed by atoms with Gasteiger partial charge in [0, 0.05) is 13.2 Å². The minimum atomic E-state index is -0.531. The number of hydrogen-bond donors (Lipinski definition) is 2. The molecule has 0 saturated heterocycles. The number of nitrogens with one attached hydrogen (secondary N) is 1. The van der Waals surface area contributed by atoms with Gasteiger partial charge in [0.1, 0.15) is 5.03 Å². The zero-order chi connectivity index (χ0) is 12.4. The third-order valence-electron chi connectivity index (χ3n) is 2.28. The van der Waals surface area contributed by atoms with E-state index >= 15 is 0 Å². The number of rotatable bonds is 3. The molecule has 2 N–H and O–H groups in total. The zero-order valence-electron chi connectivity index (χ0n) is 9.41. The van der Waals surface area contributed by atoms with E-state index in [1.54, 1.807) is 32.3 Å². The Morgan fingerprint density at radius 1 is 1.53 bits per heavy atom. The van der Waals surface area contributed by atoms with Crippen LogP contribution in [-0.2, 0) is 7.05 Å². The fourth-order valence-electron chi connectivity index (χ4n) is 1.22. The Kier molecular flexibility index (Phi) is 3.30. The Labute approximate surface area is 102 Å². The molecule has 0 aromatic carbocycles. The fourth-order valence-corrected chi connectivity index (χ4v) is 1.96. The molecule has 2 rings (SSSR count). The Bertz CT molecular complexity index is 558. The molecular formula is C10H12N4O2S. The summed E-state index contributed by atoms with van der Waals surface area (Å²) in [5.74, 6) is 0. The molecule has 2 aromatic rings. The first-order valence-electron chi connectivity index (χ1n) is 5.01. The van der Waals surface area contributed by atoms with Crippen LogP contribution in [0.15, 0.2) is 33.3 Å². The van der Waals surface area contributed by atoms with Crippen molar-refractivity contribution in [3.63, 3.8) is 0 Å². The van der Waals surface area contributed by atoms with Gasteiger partial charge in [0.15, 0.2) is 5.16 Å². The van der Waals surface area contributed by atoms with Crippen LogP contribution < -0.4 is 5.69 Å². The number of nitrogens with zero attached hydrogens (tertiary/aromatic N) is 3. The summed E-state index contributed by atoms with van der Waals surface area (Å²) in [5.41, 5.74) is 0.498. The predicted molar refractivity (Wildman–Crippen MR) is 62.8 cm³/mol. The van der Waals surface area contributed by atoms with Crippen LogP contribution in [0.25, 0.3) is 0 Å². The van der Waals surface area contributed by atoms with Crippen LogP contribution in [0.5, 0.6) is 0 Å². The van der Waals surface area contributed by atoms with Crippen LogP contribution in [0.1, 0.15) is 18.6 Å². The smallest absolute Gasteiger partial charge is 0.343 e. The van der Waals surface area contributed by atoms with E-state index in [0.717, 1.165) is 10.6 Å². The van der Waals surface area contributed by atoms with Crippen molar-refractivity contribution in [1.82, 2.24) is 19.7 Å². The van der Waals surface area contributed by atoms with E-state index < -0.39 is 6.10 Å². The lowest BCUT2D eigenvalue weighted by atomic mass is 10.2. The lowest BCUT2D eigenvalue weighted by molar-refractivity contribution is 0.198. The monoisotopic (exact) mass is 252 g/mol. The molecule has 0 aliphatic rings. The lowest BCUT2D eigenvalue weighted by Gasteiger charge is -2.04. The van der Waals surface area contributed by atoms with Crippen molar-refractivity contribution in [2.45, 2.75) is 23.2 Å². The Morgan fingerprint density at radius 3 is 2.76 bits per heavy atom. The first-order valence-corrected chi connectivity index (χ1v) is 5.83. The molecule has 6 nitrogen and oxygen atoms in total. The van der Waals surface area contributed by atoms with E-state index in [0.29, 0.717) is 5.16 Å². The summed E-state index contributed by atoms with van der Waals surface area (Å²) in [7, 11) is 1.64. The second-order valence-corrected chi connectivity index (χ2v) is 4.57. The van der Waals surface area contributed by atoms with Crippen molar-refractivity contribution in [3.8, 4) is 0 Å². The number of aromatic nitrogens is 4. The van der Waals surface area contributed by atoms with Gasteiger partial charge in [-0.15, -0.1) is 5.10 Å². The molecule has 0 saturated carbocycles. The quantitative estimate of drug-likeness (QED) is 0.840. The number of hydrogen-bond acceptors (Lipinski definition) is 5. The summed E-state index contributed by atoms with van der Waals surface area (Å²) < 4.78 is 1.41. The lowest BCUT2D eigenvalue weighted by Crippen LogP contribution is -2.12. The highest BCUT2D eigenvalue weighted by molar-refractivity contribution is 7.99. The molecule has 0 amide bonds. The van der Waals surface area contributed by atoms with E-state index in [2.05, 4.69) is 15.2 Å². The minimum absolute atomic E-state index is 0.256. The van der Waals surface area contributed by atoms with Crippen LogP contribution in [0.3, 0.4) is 0 Å². The second-order valence-electron chi connectivity index (χ2n) is 3.58. The average molecular weight is 252 g/mol. The van der Waals surface area contributed by atoms with Gasteiger partial charge < -0.3 is 5.11 Å². The highest BCUT2D eigenvalue weighted by atomic mass is 32.2. The molecule has 0 fully saturated rings. The van der Waals surface area contributed by atoms with Gasteiger partial charge in [0.05, 0.1) is 6.10 Å². The minimum Gasteiger partial charge on any atom is -0.389 e. The molecule has 1 atom stereocenters. The molecule has 2 aromatic heterocycles. The highest BCUT2D eigenvalue weighted by Crippen LogP contribution is 2.23. The highest BCUT2D eigenvalue weighted by Gasteiger charge is 2.08. The first kappa shape index (κ1) is 11.9. The van der Waals surface area contributed by atoms with Crippen molar-refractivity contribution in [3.05, 3.63) is 34.4 Å². The summed E-state index contributed by atoms with van der Waals surface area (Å²) >= 11 is 1.28. The van der Waals surface area contributed by atoms with Crippen molar-refractivity contribution in [2.24, 2.45) is 7.05 Å². The standard InChI is InChI=1S/C10H12N4O2S/c1-6(15)7-3-4-8(11-5-7)17-10-13-12-9(16)14(10)2/h3-6,15H,1-2H3,(H,12,16)/t6-/m1/s1. The number of aliphatic hydroxyl groups is 1. The maximum atomic E-state index is 11.2. The largest absolute Gasteiger partial charge is 0.389 e. The molecule has 0 spiro atoms. The van der Waals surface area contributed by atoms with Crippen LogP contribution in [0.2, 0.25) is 0 Å². The molecule has 0 aliphatic carbocycles. The molecule has 0 bridgehead atoms. The zero-order valence-corrected chi connectivity index (χ0v) is 10.2. The summed E-state index contributed by atoms with van der Waals surface area (Å²) in [4.78, 5) is 15.3. The Morgan fingerprint density at radius 2 is 2.29 bits per heavy atom. The third-order valence-corrected chi connectivity index (χ3v) is 3.27. The molecule has 0 unspecified atom stereocenters. The molecule has 90 valence electrons. The second kappa shape index (κ2) is 4.72. The van der Waals surface area contributed by atoms with Gasteiger partial charge in [-0.25, -0.2) is 14.9 Å². The summed E-state index contributed by atoms with van der Waals surface area (Å²) in [6, 6.07) is 3.58. The number of aromatic amines is 1. The van der Waals surface area contributed by atoms with E-state index in [9.17, 15) is 9.90 Å². The van der Waals surface area contributed by atoms with Crippen molar-refractivity contribution in [2.75, 3.05) is 0 Å². The Hall–Kier alpha value is -1.60. The van der Waals surface area contributed by atoms with Crippen LogP contribution >= 0.6 is 11.8 Å². The van der Waals surface area contributed by atoms with Gasteiger partial charge in [0.25, 0.3) is 0 Å². The summed E-state index contributed by atoms with van der Waals surface area (Å²) in [5, 5.41) is 16.8. The SMILES string of the molecule is C[C@@H](O)c1ccc(Sc2n[nH]c(=O)n2C)nc1. The number of aliphatic hydroxyl groups excluding tert-OH is 1. The summed E-state index contributed by atoms with van der Waals surface area (Å²) in [6.45, 7) is 1.68. The van der Waals surface area contributed by atoms with Crippen LogP contribution in [0.4, 0.5) is 0 Å². The van der Waals surface area contributed by atoms with E-state index in [4.69, 9.17) is 0 Å². The van der Waals surface area contributed by atoms with Gasteiger partial charge in [-0.1, -0.05) is 6.07 Å². The van der Waals surface area contributed by atoms with Gasteiger partial charge >= 0.3 is 5.69 Å². The predicted octanol–water partition coefficient (Wildman–Crippen LogP) is 0.708.